The summed E-state index contributed by atoms with van der Waals surface area (Å²) in [4.78, 5) is 16.3. The highest BCUT2D eigenvalue weighted by Crippen LogP contribution is 2.45. The van der Waals surface area contributed by atoms with Crippen molar-refractivity contribution in [1.29, 1.82) is 0 Å². The van der Waals surface area contributed by atoms with Crippen molar-refractivity contribution in [2.24, 2.45) is 5.10 Å². The van der Waals surface area contributed by atoms with Crippen LogP contribution >= 0.6 is 11.8 Å². The van der Waals surface area contributed by atoms with Crippen molar-refractivity contribution < 1.29 is 4.79 Å². The molecule has 0 saturated carbocycles. The van der Waals surface area contributed by atoms with Gasteiger partial charge in [-0.3, -0.25) is 4.79 Å². The van der Waals surface area contributed by atoms with E-state index in [4.69, 9.17) is 0 Å². The summed E-state index contributed by atoms with van der Waals surface area (Å²) >= 11 is 1.73. The zero-order chi connectivity index (χ0) is 18.1. The molecule has 2 heterocycles. The number of para-hydroxylation sites is 2. The van der Waals surface area contributed by atoms with Crippen LogP contribution in [0.25, 0.3) is 0 Å². The minimum Gasteiger partial charge on any atom is -0.335 e. The van der Waals surface area contributed by atoms with Crippen molar-refractivity contribution in [3.05, 3.63) is 77.4 Å². The molecule has 1 amide bonds. The van der Waals surface area contributed by atoms with E-state index < -0.39 is 0 Å². The summed E-state index contributed by atoms with van der Waals surface area (Å²) in [7, 11) is 0. The second-order valence-corrected chi connectivity index (χ2v) is 7.10. The topological polar surface area (TPSA) is 35.9 Å². The van der Waals surface area contributed by atoms with Gasteiger partial charge in [-0.15, -0.1) is 0 Å². The largest absolute Gasteiger partial charge is 0.335 e. The summed E-state index contributed by atoms with van der Waals surface area (Å²) < 4.78 is 0. The summed E-state index contributed by atoms with van der Waals surface area (Å²) in [6.07, 6.45) is 3.91. The number of nitrogens with zero attached hydrogens (tertiary/aromatic N) is 3. The molecule has 5 heteroatoms. The Morgan fingerprint density at radius 2 is 1.77 bits per heavy atom. The van der Waals surface area contributed by atoms with Gasteiger partial charge in [-0.25, -0.2) is 0 Å². The number of rotatable bonds is 3. The average molecular weight is 361 g/mol. The van der Waals surface area contributed by atoms with E-state index in [1.54, 1.807) is 11.8 Å². The average Bonchev–Trinajstić information content (AvgIpc) is 3.17. The van der Waals surface area contributed by atoms with Gasteiger partial charge in [-0.05, 0) is 50.3 Å². The maximum absolute atomic E-state index is 12.8. The molecule has 0 N–H and O–H groups in total. The van der Waals surface area contributed by atoms with Crippen LogP contribution in [0, 0.1) is 0 Å². The van der Waals surface area contributed by atoms with Gasteiger partial charge in [-0.1, -0.05) is 42.1 Å². The minimum absolute atomic E-state index is 0.0888. The van der Waals surface area contributed by atoms with Crippen LogP contribution in [0.2, 0.25) is 0 Å². The molecule has 0 bridgehead atoms. The lowest BCUT2D eigenvalue weighted by Gasteiger charge is -2.17. The molecule has 0 radical (unpaired) electrons. The number of anilines is 2. The van der Waals surface area contributed by atoms with Gasteiger partial charge in [-0.2, -0.15) is 10.1 Å². The Kier molecular flexibility index (Phi) is 4.39. The third-order valence-electron chi connectivity index (χ3n) is 4.41. The first-order valence-electron chi connectivity index (χ1n) is 8.60. The summed E-state index contributed by atoms with van der Waals surface area (Å²) in [6, 6.07) is 17.9. The van der Waals surface area contributed by atoms with Gasteiger partial charge in [0.05, 0.1) is 27.7 Å². The molecule has 2 aromatic carbocycles. The highest BCUT2D eigenvalue weighted by Gasteiger charge is 2.29. The summed E-state index contributed by atoms with van der Waals surface area (Å²) in [5, 5.41) is 7.02. The van der Waals surface area contributed by atoms with E-state index in [0.29, 0.717) is 5.57 Å². The molecule has 4 nitrogen and oxygen atoms in total. The first-order chi connectivity index (χ1) is 12.7. The maximum atomic E-state index is 12.8. The molecule has 2 aromatic rings. The number of amides is 1. The molecule has 26 heavy (non-hydrogen) atoms. The van der Waals surface area contributed by atoms with Crippen LogP contribution in [-0.2, 0) is 4.79 Å². The predicted octanol–water partition coefficient (Wildman–Crippen LogP) is 4.81. The van der Waals surface area contributed by atoms with E-state index in [1.807, 2.05) is 49.4 Å². The van der Waals surface area contributed by atoms with Crippen molar-refractivity contribution in [2.75, 3.05) is 16.5 Å². The fraction of sp³-hybridized carbons (Fsp3) is 0.143. The number of carbonyl (C=O) groups is 1. The number of allylic oxidation sites excluding steroid dienone is 2. The lowest BCUT2D eigenvalue weighted by atomic mass is 10.1. The molecule has 0 saturated heterocycles. The van der Waals surface area contributed by atoms with Gasteiger partial charge < -0.3 is 4.90 Å². The lowest BCUT2D eigenvalue weighted by Crippen LogP contribution is -2.21. The number of carbonyl (C=O) groups excluding carboxylic acids is 1. The standard InChI is InChI=1S/C21H19N3OS/c1-3-23-18-11-7-8-12-19(18)26-20(23)14-13-17-15(2)22-24(21(17)25)16-9-5-4-6-10-16/h4-14H,3H2,1-2H3. The molecule has 130 valence electrons. The number of hydrogen-bond donors (Lipinski definition) is 0. The van der Waals surface area contributed by atoms with Crippen LogP contribution in [0.3, 0.4) is 0 Å². The van der Waals surface area contributed by atoms with E-state index in [2.05, 4.69) is 41.2 Å². The summed E-state index contributed by atoms with van der Waals surface area (Å²) in [5.74, 6) is -0.0888. The molecule has 0 spiro atoms. The van der Waals surface area contributed by atoms with E-state index in [0.717, 1.165) is 23.0 Å². The highest BCUT2D eigenvalue weighted by atomic mass is 32.2. The SMILES string of the molecule is CCN1C(=CC=C2C(=O)N(c3ccccc3)N=C2C)Sc2ccccc21. The number of benzene rings is 2. The molecule has 4 rings (SSSR count). The van der Waals surface area contributed by atoms with Crippen molar-refractivity contribution in [1.82, 2.24) is 0 Å². The first kappa shape index (κ1) is 16.7. The lowest BCUT2D eigenvalue weighted by molar-refractivity contribution is -0.114. The van der Waals surface area contributed by atoms with E-state index >= 15 is 0 Å². The molecule has 2 aliphatic heterocycles. The van der Waals surface area contributed by atoms with E-state index in [-0.39, 0.29) is 5.91 Å². The van der Waals surface area contributed by atoms with Crippen LogP contribution in [0.4, 0.5) is 11.4 Å². The fourth-order valence-electron chi connectivity index (χ4n) is 3.11. The Morgan fingerprint density at radius 3 is 2.54 bits per heavy atom. The van der Waals surface area contributed by atoms with Gasteiger partial charge in [0, 0.05) is 11.4 Å². The van der Waals surface area contributed by atoms with Crippen LogP contribution < -0.4 is 9.91 Å². The fourth-order valence-corrected chi connectivity index (χ4v) is 4.24. The first-order valence-corrected chi connectivity index (χ1v) is 9.42. The van der Waals surface area contributed by atoms with Gasteiger partial charge in [0.2, 0.25) is 0 Å². The van der Waals surface area contributed by atoms with Gasteiger partial charge in [0.25, 0.3) is 5.91 Å². The third kappa shape index (κ3) is 2.84. The predicted molar refractivity (Wildman–Crippen MR) is 109 cm³/mol. The third-order valence-corrected chi connectivity index (χ3v) is 5.54. The second-order valence-electron chi connectivity index (χ2n) is 6.04. The van der Waals surface area contributed by atoms with Gasteiger partial charge in [0.1, 0.15) is 0 Å². The Labute approximate surface area is 157 Å². The number of hydrogen-bond acceptors (Lipinski definition) is 4. The summed E-state index contributed by atoms with van der Waals surface area (Å²) in [5.41, 5.74) is 3.37. The minimum atomic E-state index is -0.0888. The number of hydrazone groups is 1. The zero-order valence-electron chi connectivity index (χ0n) is 14.7. The van der Waals surface area contributed by atoms with Crippen LogP contribution in [0.1, 0.15) is 13.8 Å². The quantitative estimate of drug-likeness (QED) is 0.736. The second kappa shape index (κ2) is 6.84. The molecule has 0 atom stereocenters. The summed E-state index contributed by atoms with van der Waals surface area (Å²) in [6.45, 7) is 4.89. The Bertz CT molecular complexity index is 947. The van der Waals surface area contributed by atoms with Crippen molar-refractivity contribution in [3.8, 4) is 0 Å². The van der Waals surface area contributed by atoms with Crippen molar-refractivity contribution in [3.63, 3.8) is 0 Å². The number of fused-ring (bicyclic) bond motifs is 1. The van der Waals surface area contributed by atoms with Crippen molar-refractivity contribution in [2.45, 2.75) is 18.7 Å². The molecule has 0 aromatic heterocycles. The smallest absolute Gasteiger partial charge is 0.280 e. The maximum Gasteiger partial charge on any atom is 0.280 e. The molecular weight excluding hydrogens is 342 g/mol. The molecule has 0 aliphatic carbocycles. The van der Waals surface area contributed by atoms with Crippen LogP contribution in [-0.4, -0.2) is 18.2 Å². The Hall–Kier alpha value is -2.79. The van der Waals surface area contributed by atoms with Gasteiger partial charge in [0.15, 0.2) is 0 Å². The number of thioether (sulfide) groups is 1. The van der Waals surface area contributed by atoms with Crippen LogP contribution in [0.5, 0.6) is 0 Å². The Balaban J connectivity index is 1.63. The van der Waals surface area contributed by atoms with E-state index in [1.165, 1.54) is 15.6 Å². The molecular formula is C21H19N3OS. The molecule has 0 unspecified atom stereocenters. The van der Waals surface area contributed by atoms with Crippen LogP contribution in [0.15, 0.2) is 87.3 Å². The molecule has 2 aliphatic rings. The monoisotopic (exact) mass is 361 g/mol. The van der Waals surface area contributed by atoms with Gasteiger partial charge >= 0.3 is 0 Å². The zero-order valence-corrected chi connectivity index (χ0v) is 15.5. The van der Waals surface area contributed by atoms with Crippen molar-refractivity contribution >= 4 is 34.8 Å². The van der Waals surface area contributed by atoms with E-state index in [9.17, 15) is 4.79 Å². The Morgan fingerprint density at radius 1 is 1.04 bits per heavy atom. The molecule has 0 fully saturated rings. The highest BCUT2D eigenvalue weighted by molar-refractivity contribution is 8.03. The normalized spacial score (nSPS) is 19.5.